The van der Waals surface area contributed by atoms with E-state index in [0.29, 0.717) is 31.7 Å². The minimum absolute atomic E-state index is 0.0612. The first-order chi connectivity index (χ1) is 16.7. The van der Waals surface area contributed by atoms with Crippen LogP contribution in [0.1, 0.15) is 71.8 Å². The third-order valence-corrected chi connectivity index (χ3v) is 5.55. The van der Waals surface area contributed by atoms with Crippen LogP contribution in [0, 0.1) is 0 Å². The fourth-order valence-corrected chi connectivity index (χ4v) is 3.61. The van der Waals surface area contributed by atoms with Crippen LogP contribution in [0.15, 0.2) is 33.9 Å². The first kappa shape index (κ1) is 28.1. The second-order valence-electron chi connectivity index (χ2n) is 9.01. The molecule has 2 aromatic rings. The molecule has 0 N–H and O–H groups in total. The van der Waals surface area contributed by atoms with Crippen molar-refractivity contribution < 1.29 is 19.0 Å². The second-order valence-corrected chi connectivity index (χ2v) is 9.01. The molecule has 194 valence electrons. The molecule has 0 spiro atoms. The Hall–Kier alpha value is -3.10. The van der Waals surface area contributed by atoms with Crippen LogP contribution in [0.25, 0.3) is 0 Å². The highest BCUT2D eigenvalue weighted by molar-refractivity contribution is 5.79. The predicted octanol–water partition coefficient (Wildman–Crippen LogP) is 3.64. The van der Waals surface area contributed by atoms with Crippen molar-refractivity contribution in [2.24, 2.45) is 7.05 Å². The summed E-state index contributed by atoms with van der Waals surface area (Å²) in [5.74, 6) is 0.0899. The highest BCUT2D eigenvalue weighted by Gasteiger charge is 2.31. The fraction of sp³-hybridized carbons (Fsp3) is 0.615. The summed E-state index contributed by atoms with van der Waals surface area (Å²) >= 11 is 0. The van der Waals surface area contributed by atoms with Gasteiger partial charge in [0, 0.05) is 13.6 Å². The number of nitrogens with zero attached hydrogens (tertiary/aromatic N) is 3. The number of carbonyl (C=O) groups excluding carboxylic acids is 1. The second kappa shape index (κ2) is 13.7. The van der Waals surface area contributed by atoms with E-state index >= 15 is 0 Å². The molecule has 0 fully saturated rings. The van der Waals surface area contributed by atoms with Crippen molar-refractivity contribution in [2.45, 2.75) is 84.8 Å². The number of hydrogen-bond acceptors (Lipinski definition) is 7. The number of unbranched alkanes of at least 4 members (excludes halogenated alkanes) is 4. The van der Waals surface area contributed by atoms with Crippen LogP contribution in [0.5, 0.6) is 11.6 Å². The summed E-state index contributed by atoms with van der Waals surface area (Å²) in [6.45, 7) is 8.17. The Kier molecular flexibility index (Phi) is 11.0. The normalized spacial score (nSPS) is 11.3. The number of esters is 1. The van der Waals surface area contributed by atoms with Gasteiger partial charge in [-0.2, -0.15) is 0 Å². The lowest BCUT2D eigenvalue weighted by molar-refractivity contribution is -0.158. The van der Waals surface area contributed by atoms with Crippen LogP contribution in [0.2, 0.25) is 0 Å². The van der Waals surface area contributed by atoms with Gasteiger partial charge in [0.1, 0.15) is 5.75 Å². The Morgan fingerprint density at radius 1 is 1.06 bits per heavy atom. The van der Waals surface area contributed by atoms with Gasteiger partial charge in [0.05, 0.1) is 13.2 Å². The van der Waals surface area contributed by atoms with Gasteiger partial charge in [-0.1, -0.05) is 44.7 Å². The smallest absolute Gasteiger partial charge is 0.349 e. The van der Waals surface area contributed by atoms with E-state index in [1.165, 1.54) is 11.6 Å². The van der Waals surface area contributed by atoms with Crippen LogP contribution in [0.4, 0.5) is 0 Å². The Morgan fingerprint density at radius 3 is 2.51 bits per heavy atom. The number of aryl methyl sites for hydroxylation is 2. The summed E-state index contributed by atoms with van der Waals surface area (Å²) in [4.78, 5) is 37.1. The quantitative estimate of drug-likeness (QED) is 0.278. The van der Waals surface area contributed by atoms with E-state index in [0.717, 1.165) is 42.3 Å². The standard InChI is InChI=1S/C26H39N3O6/c1-6-8-9-10-11-17-29-23(30)22(27-28(5)25(29)32)34-18-13-15-20-14-12-16-21(19-20)35-26(3,4)24(31)33-7-2/h12,14,16,19H,6-11,13,15,17-18H2,1-5H3. The van der Waals surface area contributed by atoms with E-state index in [2.05, 4.69) is 12.0 Å². The average molecular weight is 490 g/mol. The van der Waals surface area contributed by atoms with Crippen molar-refractivity contribution in [1.29, 1.82) is 0 Å². The van der Waals surface area contributed by atoms with Gasteiger partial charge in [-0.25, -0.2) is 14.3 Å². The van der Waals surface area contributed by atoms with Crippen molar-refractivity contribution >= 4 is 5.97 Å². The lowest BCUT2D eigenvalue weighted by atomic mass is 10.1. The van der Waals surface area contributed by atoms with E-state index in [4.69, 9.17) is 14.2 Å². The molecule has 1 aromatic heterocycles. The van der Waals surface area contributed by atoms with Gasteiger partial charge < -0.3 is 14.2 Å². The maximum absolute atomic E-state index is 12.7. The molecule has 0 aliphatic carbocycles. The molecule has 1 aromatic carbocycles. The maximum atomic E-state index is 12.7. The molecule has 0 aliphatic rings. The van der Waals surface area contributed by atoms with Crippen LogP contribution in [-0.4, -0.2) is 39.1 Å². The lowest BCUT2D eigenvalue weighted by Gasteiger charge is -2.24. The van der Waals surface area contributed by atoms with Gasteiger partial charge in [0.25, 0.3) is 5.88 Å². The molecule has 0 atom stereocenters. The summed E-state index contributed by atoms with van der Waals surface area (Å²) in [6.07, 6.45) is 6.42. The van der Waals surface area contributed by atoms with Crippen LogP contribution >= 0.6 is 0 Å². The van der Waals surface area contributed by atoms with Gasteiger partial charge in [0.15, 0.2) is 5.60 Å². The van der Waals surface area contributed by atoms with E-state index in [1.54, 1.807) is 26.8 Å². The highest BCUT2D eigenvalue weighted by Crippen LogP contribution is 2.21. The largest absolute Gasteiger partial charge is 0.476 e. The molecular formula is C26H39N3O6. The van der Waals surface area contributed by atoms with E-state index in [-0.39, 0.29) is 12.5 Å². The Morgan fingerprint density at radius 2 is 1.80 bits per heavy atom. The van der Waals surface area contributed by atoms with Gasteiger partial charge in [-0.15, -0.1) is 5.10 Å². The first-order valence-corrected chi connectivity index (χ1v) is 12.5. The topological polar surface area (TPSA) is 102 Å². The SMILES string of the molecule is CCCCCCCn1c(=O)c(OCCCc2cccc(OC(C)(C)C(=O)OCC)c2)nn(C)c1=O. The highest BCUT2D eigenvalue weighted by atomic mass is 16.6. The number of hydrogen-bond donors (Lipinski definition) is 0. The van der Waals surface area contributed by atoms with Gasteiger partial charge in [0.2, 0.25) is 0 Å². The molecule has 0 saturated heterocycles. The molecule has 0 unspecified atom stereocenters. The zero-order valence-corrected chi connectivity index (χ0v) is 21.7. The lowest BCUT2D eigenvalue weighted by Crippen LogP contribution is -2.41. The van der Waals surface area contributed by atoms with E-state index < -0.39 is 22.8 Å². The number of ether oxygens (including phenoxy) is 3. The zero-order valence-electron chi connectivity index (χ0n) is 21.7. The Bertz CT molecular complexity index is 1070. The fourth-order valence-electron chi connectivity index (χ4n) is 3.61. The third kappa shape index (κ3) is 8.56. The first-order valence-electron chi connectivity index (χ1n) is 12.5. The molecular weight excluding hydrogens is 450 g/mol. The molecule has 0 aliphatic heterocycles. The molecule has 0 radical (unpaired) electrons. The summed E-state index contributed by atoms with van der Waals surface area (Å²) in [6, 6.07) is 7.48. The van der Waals surface area contributed by atoms with Gasteiger partial charge >= 0.3 is 17.2 Å². The minimum Gasteiger partial charge on any atom is -0.476 e. The number of aromatic nitrogens is 3. The molecule has 0 amide bonds. The van der Waals surface area contributed by atoms with Gasteiger partial charge in [-0.05, 0) is 57.7 Å². The maximum Gasteiger partial charge on any atom is 0.349 e. The van der Waals surface area contributed by atoms with Gasteiger partial charge in [-0.3, -0.25) is 9.36 Å². The Balaban J connectivity index is 1.94. The molecule has 35 heavy (non-hydrogen) atoms. The minimum atomic E-state index is -1.09. The average Bonchev–Trinajstić information content (AvgIpc) is 2.81. The van der Waals surface area contributed by atoms with E-state index in [1.807, 2.05) is 18.2 Å². The number of carbonyl (C=O) groups is 1. The molecule has 9 nitrogen and oxygen atoms in total. The molecule has 2 rings (SSSR count). The predicted molar refractivity (Wildman–Crippen MR) is 134 cm³/mol. The van der Waals surface area contributed by atoms with Crippen molar-refractivity contribution in [3.05, 3.63) is 50.7 Å². The van der Waals surface area contributed by atoms with Crippen molar-refractivity contribution in [1.82, 2.24) is 14.3 Å². The molecule has 0 saturated carbocycles. The van der Waals surface area contributed by atoms with Crippen molar-refractivity contribution in [3.63, 3.8) is 0 Å². The van der Waals surface area contributed by atoms with Crippen LogP contribution in [-0.2, 0) is 29.5 Å². The number of benzene rings is 1. The Labute approximate surface area is 207 Å². The van der Waals surface area contributed by atoms with E-state index in [9.17, 15) is 14.4 Å². The monoisotopic (exact) mass is 489 g/mol. The zero-order chi connectivity index (χ0) is 25.8. The summed E-state index contributed by atoms with van der Waals surface area (Å²) in [5.41, 5.74) is -1.01. The molecule has 9 heteroatoms. The summed E-state index contributed by atoms with van der Waals surface area (Å²) in [7, 11) is 1.52. The van der Waals surface area contributed by atoms with Crippen LogP contribution in [0.3, 0.4) is 0 Å². The van der Waals surface area contributed by atoms with Crippen molar-refractivity contribution in [3.8, 4) is 11.6 Å². The molecule has 1 heterocycles. The third-order valence-electron chi connectivity index (χ3n) is 5.55. The van der Waals surface area contributed by atoms with Crippen molar-refractivity contribution in [2.75, 3.05) is 13.2 Å². The summed E-state index contributed by atoms with van der Waals surface area (Å²) in [5, 5.41) is 4.01. The number of rotatable bonds is 15. The summed E-state index contributed by atoms with van der Waals surface area (Å²) < 4.78 is 18.9. The molecule has 0 bridgehead atoms. The van der Waals surface area contributed by atoms with Crippen LogP contribution < -0.4 is 20.7 Å².